The standard InChI is InChI=1S/C25H36P2/c1-6-26(7-2)25-18-12-15-22(25)21(5)27(23-16-10-8-13-19(23)3)24-17-11-9-14-20(24)4/h8-11,13-14,16-17,21-22,25H,6-7,12,15,18H2,1-5H3/t21-,22+,25+/m1/s1. The first kappa shape index (κ1) is 21.0. The smallest absolute Gasteiger partial charge is 0.0123 e. The van der Waals surface area contributed by atoms with Crippen molar-refractivity contribution >= 4 is 26.5 Å². The second-order valence-electron chi connectivity index (χ2n) is 8.07. The summed E-state index contributed by atoms with van der Waals surface area (Å²) in [5.74, 6) is 0.904. The highest BCUT2D eigenvalue weighted by atomic mass is 31.1. The van der Waals surface area contributed by atoms with E-state index in [9.17, 15) is 0 Å². The van der Waals surface area contributed by atoms with Crippen molar-refractivity contribution in [2.24, 2.45) is 5.92 Å². The Hall–Kier alpha value is -0.700. The molecule has 0 saturated heterocycles. The lowest BCUT2D eigenvalue weighted by Gasteiger charge is -2.37. The summed E-state index contributed by atoms with van der Waals surface area (Å²) in [6, 6.07) is 18.3. The van der Waals surface area contributed by atoms with Crippen LogP contribution in [0, 0.1) is 19.8 Å². The van der Waals surface area contributed by atoms with Crippen molar-refractivity contribution in [3.05, 3.63) is 59.7 Å². The normalized spacial score (nSPS) is 21.1. The van der Waals surface area contributed by atoms with Crippen molar-refractivity contribution in [1.29, 1.82) is 0 Å². The lowest BCUT2D eigenvalue weighted by molar-refractivity contribution is 0.546. The number of benzene rings is 2. The molecule has 0 bridgehead atoms. The van der Waals surface area contributed by atoms with Crippen molar-refractivity contribution in [3.63, 3.8) is 0 Å². The van der Waals surface area contributed by atoms with Gasteiger partial charge in [0.05, 0.1) is 0 Å². The van der Waals surface area contributed by atoms with Crippen molar-refractivity contribution in [2.75, 3.05) is 12.3 Å². The zero-order chi connectivity index (χ0) is 19.4. The lowest BCUT2D eigenvalue weighted by atomic mass is 10.0. The minimum atomic E-state index is -0.316. The largest absolute Gasteiger partial charge is 0.104 e. The Labute approximate surface area is 169 Å². The Morgan fingerprint density at radius 3 is 1.85 bits per heavy atom. The molecule has 0 spiro atoms. The average molecular weight is 399 g/mol. The summed E-state index contributed by atoms with van der Waals surface area (Å²) < 4.78 is 0. The van der Waals surface area contributed by atoms with Crippen molar-refractivity contribution < 1.29 is 0 Å². The molecule has 0 aromatic heterocycles. The van der Waals surface area contributed by atoms with Gasteiger partial charge in [0.2, 0.25) is 0 Å². The molecule has 3 rings (SSSR count). The van der Waals surface area contributed by atoms with Gasteiger partial charge in [-0.25, -0.2) is 0 Å². The molecule has 27 heavy (non-hydrogen) atoms. The maximum absolute atomic E-state index is 2.59. The van der Waals surface area contributed by atoms with Crippen LogP contribution < -0.4 is 10.6 Å². The van der Waals surface area contributed by atoms with E-state index in [-0.39, 0.29) is 15.8 Å². The fourth-order valence-electron chi connectivity index (χ4n) is 5.11. The molecule has 2 aromatic carbocycles. The second-order valence-corrected chi connectivity index (χ2v) is 13.7. The van der Waals surface area contributed by atoms with E-state index in [1.807, 2.05) is 0 Å². The van der Waals surface area contributed by atoms with Gasteiger partial charge < -0.3 is 0 Å². The first-order valence-corrected chi connectivity index (χ1v) is 13.9. The molecule has 0 nitrogen and oxygen atoms in total. The van der Waals surface area contributed by atoms with Crippen LogP contribution in [-0.2, 0) is 0 Å². The minimum Gasteiger partial charge on any atom is -0.104 e. The fraction of sp³-hybridized carbons (Fsp3) is 0.520. The van der Waals surface area contributed by atoms with Gasteiger partial charge in [-0.3, -0.25) is 0 Å². The second kappa shape index (κ2) is 9.67. The molecular formula is C25H36P2. The van der Waals surface area contributed by atoms with Crippen LogP contribution in [0.4, 0.5) is 0 Å². The van der Waals surface area contributed by atoms with E-state index in [0.717, 1.165) is 17.2 Å². The highest BCUT2D eigenvalue weighted by Crippen LogP contribution is 2.57. The number of hydrogen-bond acceptors (Lipinski definition) is 0. The van der Waals surface area contributed by atoms with Gasteiger partial charge in [-0.2, -0.15) is 0 Å². The Morgan fingerprint density at radius 1 is 0.852 bits per heavy atom. The molecule has 3 atom stereocenters. The first-order valence-electron chi connectivity index (χ1n) is 10.7. The topological polar surface area (TPSA) is 0 Å². The van der Waals surface area contributed by atoms with Crippen LogP contribution in [0.1, 0.15) is 51.2 Å². The molecule has 0 aliphatic heterocycles. The number of aryl methyl sites for hydroxylation is 2. The number of rotatable bonds is 7. The van der Waals surface area contributed by atoms with Crippen LogP contribution in [0.2, 0.25) is 0 Å². The van der Waals surface area contributed by atoms with E-state index in [0.29, 0.717) is 0 Å². The maximum Gasteiger partial charge on any atom is -0.0123 e. The van der Waals surface area contributed by atoms with Gasteiger partial charge in [-0.15, -0.1) is 7.92 Å². The van der Waals surface area contributed by atoms with Crippen LogP contribution in [0.3, 0.4) is 0 Å². The summed E-state index contributed by atoms with van der Waals surface area (Å²) in [5.41, 5.74) is 4.70. The molecule has 1 saturated carbocycles. The molecule has 2 heteroatoms. The molecule has 0 heterocycles. The van der Waals surface area contributed by atoms with Crippen LogP contribution in [0.15, 0.2) is 48.5 Å². The molecule has 2 aromatic rings. The van der Waals surface area contributed by atoms with E-state index in [1.54, 1.807) is 10.6 Å². The third-order valence-electron chi connectivity index (χ3n) is 6.59. The predicted molar refractivity (Wildman–Crippen MR) is 127 cm³/mol. The van der Waals surface area contributed by atoms with Gasteiger partial charge in [0.1, 0.15) is 0 Å². The number of hydrogen-bond donors (Lipinski definition) is 0. The SMILES string of the molecule is CCP(CC)[C@H]1CCC[C@H]1[C@@H](C)P(c1ccccc1C)c1ccccc1C. The molecule has 1 fully saturated rings. The van der Waals surface area contributed by atoms with E-state index in [2.05, 4.69) is 83.1 Å². The average Bonchev–Trinajstić information content (AvgIpc) is 3.15. The van der Waals surface area contributed by atoms with Crippen molar-refractivity contribution in [3.8, 4) is 0 Å². The third kappa shape index (κ3) is 4.49. The fourth-order valence-corrected chi connectivity index (χ4v) is 11.4. The van der Waals surface area contributed by atoms with Crippen LogP contribution in [-0.4, -0.2) is 23.6 Å². The Morgan fingerprint density at radius 2 is 1.37 bits per heavy atom. The van der Waals surface area contributed by atoms with Gasteiger partial charge >= 0.3 is 0 Å². The minimum absolute atomic E-state index is 0.203. The highest BCUT2D eigenvalue weighted by molar-refractivity contribution is 7.73. The summed E-state index contributed by atoms with van der Waals surface area (Å²) in [6.45, 7) is 12.1. The molecule has 0 N–H and O–H groups in total. The molecule has 0 radical (unpaired) electrons. The van der Waals surface area contributed by atoms with Crippen LogP contribution in [0.5, 0.6) is 0 Å². The highest BCUT2D eigenvalue weighted by Gasteiger charge is 2.39. The Bertz CT molecular complexity index is 689. The summed E-state index contributed by atoms with van der Waals surface area (Å²) in [4.78, 5) is 0. The molecular weight excluding hydrogens is 362 g/mol. The van der Waals surface area contributed by atoms with E-state index < -0.39 is 0 Å². The molecule has 1 aliphatic carbocycles. The van der Waals surface area contributed by atoms with Gasteiger partial charge in [0.15, 0.2) is 0 Å². The van der Waals surface area contributed by atoms with Crippen LogP contribution in [0.25, 0.3) is 0 Å². The molecule has 1 aliphatic rings. The van der Waals surface area contributed by atoms with E-state index >= 15 is 0 Å². The maximum atomic E-state index is 2.59. The lowest BCUT2D eigenvalue weighted by Crippen LogP contribution is -2.31. The zero-order valence-electron chi connectivity index (χ0n) is 17.8. The zero-order valence-corrected chi connectivity index (χ0v) is 19.6. The van der Waals surface area contributed by atoms with Gasteiger partial charge in [0, 0.05) is 0 Å². The summed E-state index contributed by atoms with van der Waals surface area (Å²) in [5, 5.41) is 3.22. The molecule has 0 unspecified atom stereocenters. The Kier molecular flexibility index (Phi) is 7.53. The predicted octanol–water partition coefficient (Wildman–Crippen LogP) is 6.82. The monoisotopic (exact) mass is 398 g/mol. The van der Waals surface area contributed by atoms with Gasteiger partial charge in [0.25, 0.3) is 0 Å². The van der Waals surface area contributed by atoms with E-state index in [1.165, 1.54) is 42.7 Å². The molecule has 146 valence electrons. The summed E-state index contributed by atoms with van der Waals surface area (Å²) in [6.07, 6.45) is 7.19. The van der Waals surface area contributed by atoms with Crippen LogP contribution >= 0.6 is 15.8 Å². The van der Waals surface area contributed by atoms with Gasteiger partial charge in [-0.05, 0) is 85.9 Å². The first-order chi connectivity index (χ1) is 13.1. The van der Waals surface area contributed by atoms with Gasteiger partial charge in [-0.1, -0.05) is 75.7 Å². The van der Waals surface area contributed by atoms with E-state index in [4.69, 9.17) is 0 Å². The van der Waals surface area contributed by atoms with Crippen molar-refractivity contribution in [1.82, 2.24) is 0 Å². The van der Waals surface area contributed by atoms with Crippen molar-refractivity contribution in [2.45, 2.75) is 65.2 Å². The summed E-state index contributed by atoms with van der Waals surface area (Å²) in [7, 11) is -0.112. The third-order valence-corrected chi connectivity index (χ3v) is 13.0. The summed E-state index contributed by atoms with van der Waals surface area (Å²) >= 11 is 0. The molecule has 0 amide bonds. The Balaban J connectivity index is 2.03. The quantitative estimate of drug-likeness (QED) is 0.449.